The molecule has 0 spiro atoms. The molecule has 0 radical (unpaired) electrons. The van der Waals surface area contributed by atoms with Gasteiger partial charge in [-0.1, -0.05) is 0 Å². The number of aromatic nitrogens is 2. The zero-order chi connectivity index (χ0) is 16.2. The van der Waals surface area contributed by atoms with Crippen LogP contribution in [0.15, 0.2) is 29.9 Å². The molecule has 1 aliphatic rings. The molecule has 1 amide bonds. The van der Waals surface area contributed by atoms with Gasteiger partial charge in [-0.05, 0) is 45.2 Å². The summed E-state index contributed by atoms with van der Waals surface area (Å²) >= 11 is 1.64. The Morgan fingerprint density at radius 1 is 1.48 bits per heavy atom. The van der Waals surface area contributed by atoms with Gasteiger partial charge in [0.2, 0.25) is 0 Å². The van der Waals surface area contributed by atoms with Crippen molar-refractivity contribution in [1.82, 2.24) is 14.9 Å². The summed E-state index contributed by atoms with van der Waals surface area (Å²) in [5.41, 5.74) is 1.02. The van der Waals surface area contributed by atoms with Gasteiger partial charge in [0.15, 0.2) is 6.10 Å². The smallest absolute Gasteiger partial charge is 0.263 e. The Morgan fingerprint density at radius 3 is 3.04 bits per heavy atom. The zero-order valence-electron chi connectivity index (χ0n) is 13.4. The van der Waals surface area contributed by atoms with E-state index in [0.29, 0.717) is 5.75 Å². The van der Waals surface area contributed by atoms with Crippen LogP contribution in [0.25, 0.3) is 0 Å². The summed E-state index contributed by atoms with van der Waals surface area (Å²) in [4.78, 5) is 23.4. The third-order valence-corrected chi connectivity index (χ3v) is 5.07. The summed E-state index contributed by atoms with van der Waals surface area (Å²) in [6.07, 6.45) is 5.92. The van der Waals surface area contributed by atoms with Crippen molar-refractivity contribution < 1.29 is 9.53 Å². The van der Waals surface area contributed by atoms with E-state index in [0.717, 1.165) is 36.5 Å². The van der Waals surface area contributed by atoms with E-state index in [1.54, 1.807) is 36.7 Å². The highest BCUT2D eigenvalue weighted by atomic mass is 32.1. The van der Waals surface area contributed by atoms with Crippen molar-refractivity contribution in [3.63, 3.8) is 0 Å². The monoisotopic (exact) mass is 331 g/mol. The fraction of sp³-hybridized carbons (Fsp3) is 0.471. The third-order valence-electron chi connectivity index (χ3n) is 4.00. The topological polar surface area (TPSA) is 55.3 Å². The van der Waals surface area contributed by atoms with Crippen LogP contribution in [0, 0.1) is 6.92 Å². The average Bonchev–Trinajstić information content (AvgIpc) is 3.01. The number of hydrogen-bond donors (Lipinski definition) is 0. The van der Waals surface area contributed by atoms with Crippen molar-refractivity contribution in [2.24, 2.45) is 0 Å². The molecule has 2 aromatic heterocycles. The van der Waals surface area contributed by atoms with E-state index in [4.69, 9.17) is 4.74 Å². The van der Waals surface area contributed by atoms with Gasteiger partial charge in [0.25, 0.3) is 5.91 Å². The number of rotatable bonds is 4. The van der Waals surface area contributed by atoms with Gasteiger partial charge >= 0.3 is 0 Å². The maximum absolute atomic E-state index is 12.9. The van der Waals surface area contributed by atoms with Gasteiger partial charge in [0, 0.05) is 23.8 Å². The number of piperidine rings is 1. The summed E-state index contributed by atoms with van der Waals surface area (Å²) in [6.45, 7) is 4.56. The Balaban J connectivity index is 1.73. The van der Waals surface area contributed by atoms with E-state index in [2.05, 4.69) is 9.97 Å². The predicted octanol–water partition coefficient (Wildman–Crippen LogP) is 3.37. The SMILES string of the molecule is Cc1csc([C@H]2CCCCN2C(=O)[C@@H](C)Oc2cccnc2)n1. The van der Waals surface area contributed by atoms with E-state index in [1.165, 1.54) is 0 Å². The zero-order valence-corrected chi connectivity index (χ0v) is 14.3. The number of aryl methyl sites for hydroxylation is 1. The maximum Gasteiger partial charge on any atom is 0.263 e. The number of carbonyl (C=O) groups is 1. The number of ether oxygens (including phenoxy) is 1. The van der Waals surface area contributed by atoms with Gasteiger partial charge in [0.05, 0.1) is 12.2 Å². The van der Waals surface area contributed by atoms with Gasteiger partial charge in [-0.2, -0.15) is 0 Å². The fourth-order valence-corrected chi connectivity index (χ4v) is 3.83. The van der Waals surface area contributed by atoms with Crippen LogP contribution in [0.1, 0.15) is 42.9 Å². The van der Waals surface area contributed by atoms with Crippen LogP contribution in [-0.4, -0.2) is 33.4 Å². The van der Waals surface area contributed by atoms with Crippen LogP contribution in [-0.2, 0) is 4.79 Å². The lowest BCUT2D eigenvalue weighted by Gasteiger charge is -2.36. The van der Waals surface area contributed by atoms with E-state index in [9.17, 15) is 4.79 Å². The molecule has 0 bridgehead atoms. The predicted molar refractivity (Wildman–Crippen MR) is 89.5 cm³/mol. The van der Waals surface area contributed by atoms with Crippen LogP contribution in [0.5, 0.6) is 5.75 Å². The average molecular weight is 331 g/mol. The molecule has 0 aromatic carbocycles. The highest BCUT2D eigenvalue weighted by Gasteiger charge is 2.33. The molecule has 1 aliphatic heterocycles. The molecule has 122 valence electrons. The number of likely N-dealkylation sites (tertiary alicyclic amines) is 1. The molecule has 2 aromatic rings. The van der Waals surface area contributed by atoms with Crippen LogP contribution >= 0.6 is 11.3 Å². The molecule has 23 heavy (non-hydrogen) atoms. The number of amides is 1. The molecule has 0 unspecified atom stereocenters. The molecule has 0 saturated carbocycles. The molecule has 6 heteroatoms. The molecule has 1 fully saturated rings. The number of thiazole rings is 1. The molecule has 0 N–H and O–H groups in total. The van der Waals surface area contributed by atoms with E-state index < -0.39 is 6.10 Å². The third kappa shape index (κ3) is 3.69. The van der Waals surface area contributed by atoms with E-state index in [1.807, 2.05) is 23.3 Å². The van der Waals surface area contributed by atoms with Crippen molar-refractivity contribution in [2.45, 2.75) is 45.3 Å². The Labute approximate surface area is 140 Å². The summed E-state index contributed by atoms with van der Waals surface area (Å²) < 4.78 is 5.75. The first kappa shape index (κ1) is 15.9. The van der Waals surface area contributed by atoms with Crippen molar-refractivity contribution in [2.75, 3.05) is 6.54 Å². The maximum atomic E-state index is 12.9. The van der Waals surface area contributed by atoms with Gasteiger partial charge < -0.3 is 9.64 Å². The lowest BCUT2D eigenvalue weighted by Crippen LogP contribution is -2.45. The molecule has 3 heterocycles. The van der Waals surface area contributed by atoms with Crippen LogP contribution in [0.3, 0.4) is 0 Å². The summed E-state index contributed by atoms with van der Waals surface area (Å²) in [6, 6.07) is 3.69. The summed E-state index contributed by atoms with van der Waals surface area (Å²) in [5, 5.41) is 3.08. The first-order valence-corrected chi connectivity index (χ1v) is 8.82. The minimum absolute atomic E-state index is 0.0198. The molecule has 5 nitrogen and oxygen atoms in total. The normalized spacial score (nSPS) is 19.4. The van der Waals surface area contributed by atoms with Crippen molar-refractivity contribution in [3.05, 3.63) is 40.6 Å². The minimum atomic E-state index is -0.527. The van der Waals surface area contributed by atoms with Crippen molar-refractivity contribution in [1.29, 1.82) is 0 Å². The van der Waals surface area contributed by atoms with Crippen molar-refractivity contribution >= 4 is 17.2 Å². The van der Waals surface area contributed by atoms with Gasteiger partial charge in [-0.3, -0.25) is 9.78 Å². The standard InChI is InChI=1S/C17H21N3O2S/c1-12-11-23-16(19-12)15-7-3-4-9-20(15)17(21)13(2)22-14-6-5-8-18-10-14/h5-6,8,10-11,13,15H,3-4,7,9H2,1-2H3/t13-,15-/m1/s1. The second-order valence-corrected chi connectivity index (χ2v) is 6.71. The largest absolute Gasteiger partial charge is 0.479 e. The van der Waals surface area contributed by atoms with Gasteiger partial charge in [-0.15, -0.1) is 11.3 Å². The highest BCUT2D eigenvalue weighted by molar-refractivity contribution is 7.09. The van der Waals surface area contributed by atoms with Gasteiger partial charge in [-0.25, -0.2) is 4.98 Å². The number of nitrogens with zero attached hydrogens (tertiary/aromatic N) is 3. The van der Waals surface area contributed by atoms with E-state index >= 15 is 0 Å². The molecular weight excluding hydrogens is 310 g/mol. The molecular formula is C17H21N3O2S. The molecule has 2 atom stereocenters. The molecule has 0 aliphatic carbocycles. The minimum Gasteiger partial charge on any atom is -0.479 e. The highest BCUT2D eigenvalue weighted by Crippen LogP contribution is 2.33. The summed E-state index contributed by atoms with van der Waals surface area (Å²) in [5.74, 6) is 0.637. The van der Waals surface area contributed by atoms with E-state index in [-0.39, 0.29) is 11.9 Å². The fourth-order valence-electron chi connectivity index (χ4n) is 2.88. The van der Waals surface area contributed by atoms with Crippen LogP contribution in [0.2, 0.25) is 0 Å². The molecule has 1 saturated heterocycles. The second-order valence-electron chi connectivity index (χ2n) is 5.82. The van der Waals surface area contributed by atoms with Crippen LogP contribution in [0.4, 0.5) is 0 Å². The van der Waals surface area contributed by atoms with Gasteiger partial charge in [0.1, 0.15) is 10.8 Å². The Kier molecular flexibility index (Phi) is 4.91. The lowest BCUT2D eigenvalue weighted by atomic mass is 10.0. The Bertz CT molecular complexity index is 659. The first-order valence-electron chi connectivity index (χ1n) is 7.94. The Morgan fingerprint density at radius 2 is 2.35 bits per heavy atom. The van der Waals surface area contributed by atoms with Crippen molar-refractivity contribution in [3.8, 4) is 5.75 Å². The van der Waals surface area contributed by atoms with Crippen LogP contribution < -0.4 is 4.74 Å². The number of carbonyl (C=O) groups excluding carboxylic acids is 1. The quantitative estimate of drug-likeness (QED) is 0.862. The first-order chi connectivity index (χ1) is 11.1. The number of hydrogen-bond acceptors (Lipinski definition) is 5. The number of pyridine rings is 1. The lowest BCUT2D eigenvalue weighted by molar-refractivity contribution is -0.142. The second kappa shape index (κ2) is 7.08. The Hall–Kier alpha value is -1.95. The molecule has 3 rings (SSSR count). The summed E-state index contributed by atoms with van der Waals surface area (Å²) in [7, 11) is 0.